The number of rotatable bonds is 6. The van der Waals surface area contributed by atoms with Gasteiger partial charge in [0.25, 0.3) is 5.91 Å². The molecule has 0 aliphatic carbocycles. The normalized spacial score (nSPS) is 10.7. The molecule has 0 radical (unpaired) electrons. The summed E-state index contributed by atoms with van der Waals surface area (Å²) in [6.45, 7) is 4.69. The van der Waals surface area contributed by atoms with Crippen LogP contribution in [0, 0.1) is 5.82 Å². The van der Waals surface area contributed by atoms with E-state index < -0.39 is 0 Å². The van der Waals surface area contributed by atoms with Gasteiger partial charge in [0.2, 0.25) is 5.88 Å². The highest BCUT2D eigenvalue weighted by molar-refractivity contribution is 5.96. The Morgan fingerprint density at radius 1 is 1.07 bits per heavy atom. The van der Waals surface area contributed by atoms with Crippen LogP contribution >= 0.6 is 0 Å². The third-order valence-electron chi connectivity index (χ3n) is 4.14. The molecule has 3 aromatic rings. The first-order chi connectivity index (χ1) is 13.0. The predicted octanol–water partition coefficient (Wildman–Crippen LogP) is 5.07. The summed E-state index contributed by atoms with van der Waals surface area (Å²) < 4.78 is 18.7. The second kappa shape index (κ2) is 8.45. The molecular weight excluding hydrogens is 343 g/mol. The van der Waals surface area contributed by atoms with Crippen molar-refractivity contribution in [1.82, 2.24) is 10.3 Å². The molecule has 0 saturated carbocycles. The zero-order valence-corrected chi connectivity index (χ0v) is 15.3. The van der Waals surface area contributed by atoms with Gasteiger partial charge < -0.3 is 10.1 Å². The zero-order valence-electron chi connectivity index (χ0n) is 15.3. The van der Waals surface area contributed by atoms with E-state index in [-0.39, 0.29) is 17.6 Å². The van der Waals surface area contributed by atoms with Crippen molar-refractivity contribution in [1.29, 1.82) is 0 Å². The Morgan fingerprint density at radius 3 is 2.44 bits per heavy atom. The van der Waals surface area contributed by atoms with Gasteiger partial charge >= 0.3 is 0 Å². The number of carbonyl (C=O) groups is 1. The molecule has 1 aromatic heterocycles. The van der Waals surface area contributed by atoms with Crippen molar-refractivity contribution in [3.05, 3.63) is 89.4 Å². The number of halogens is 1. The van der Waals surface area contributed by atoms with Crippen molar-refractivity contribution in [3.8, 4) is 11.6 Å². The minimum Gasteiger partial charge on any atom is -0.438 e. The van der Waals surface area contributed by atoms with E-state index >= 15 is 0 Å². The van der Waals surface area contributed by atoms with Crippen LogP contribution in [-0.2, 0) is 6.54 Å². The molecule has 0 unspecified atom stereocenters. The third kappa shape index (κ3) is 4.91. The molecule has 0 spiro atoms. The first-order valence-corrected chi connectivity index (χ1v) is 8.78. The molecule has 27 heavy (non-hydrogen) atoms. The number of aromatic nitrogens is 1. The van der Waals surface area contributed by atoms with E-state index in [1.54, 1.807) is 18.3 Å². The summed E-state index contributed by atoms with van der Waals surface area (Å²) in [4.78, 5) is 16.7. The Labute approximate surface area is 158 Å². The number of nitrogens with one attached hydrogen (secondary N) is 1. The molecule has 5 heteroatoms. The number of hydrogen-bond acceptors (Lipinski definition) is 3. The lowest BCUT2D eigenvalue weighted by Crippen LogP contribution is -2.23. The van der Waals surface area contributed by atoms with Crippen molar-refractivity contribution in [2.45, 2.75) is 26.3 Å². The Morgan fingerprint density at radius 2 is 1.78 bits per heavy atom. The standard InChI is InChI=1S/C22H21FN2O2/c1-15(2)17-7-5-16(6-8-17)14-25-21(26)20-4-3-13-24-22(20)27-19-11-9-18(23)10-12-19/h3-13,15H,14H2,1-2H3,(H,25,26). The number of benzene rings is 2. The van der Waals surface area contributed by atoms with Crippen LogP contribution in [-0.4, -0.2) is 10.9 Å². The van der Waals surface area contributed by atoms with Gasteiger partial charge in [-0.1, -0.05) is 38.1 Å². The van der Waals surface area contributed by atoms with Crippen LogP contribution in [0.25, 0.3) is 0 Å². The maximum atomic E-state index is 13.0. The fourth-order valence-corrected chi connectivity index (χ4v) is 2.56. The van der Waals surface area contributed by atoms with Gasteiger partial charge in [-0.3, -0.25) is 4.79 Å². The van der Waals surface area contributed by atoms with E-state index in [4.69, 9.17) is 4.74 Å². The average Bonchev–Trinajstić information content (AvgIpc) is 2.68. The van der Waals surface area contributed by atoms with Crippen LogP contribution in [0.3, 0.4) is 0 Å². The number of pyridine rings is 1. The molecule has 1 heterocycles. The van der Waals surface area contributed by atoms with Gasteiger partial charge in [0.1, 0.15) is 17.1 Å². The first-order valence-electron chi connectivity index (χ1n) is 8.78. The van der Waals surface area contributed by atoms with E-state index in [1.807, 2.05) is 12.1 Å². The van der Waals surface area contributed by atoms with E-state index in [1.165, 1.54) is 29.8 Å². The van der Waals surface area contributed by atoms with Gasteiger partial charge in [0, 0.05) is 12.7 Å². The number of carbonyl (C=O) groups excluding carboxylic acids is 1. The summed E-state index contributed by atoms with van der Waals surface area (Å²) in [5.74, 6) is 0.415. The lowest BCUT2D eigenvalue weighted by molar-refractivity contribution is 0.0948. The fraction of sp³-hybridized carbons (Fsp3) is 0.182. The minimum atomic E-state index is -0.357. The molecule has 0 saturated heterocycles. The van der Waals surface area contributed by atoms with Crippen molar-refractivity contribution in [3.63, 3.8) is 0 Å². The SMILES string of the molecule is CC(C)c1ccc(CNC(=O)c2cccnc2Oc2ccc(F)cc2)cc1. The number of ether oxygens (including phenoxy) is 1. The monoisotopic (exact) mass is 364 g/mol. The number of nitrogens with zero attached hydrogens (tertiary/aromatic N) is 1. The van der Waals surface area contributed by atoms with Crippen molar-refractivity contribution < 1.29 is 13.9 Å². The van der Waals surface area contributed by atoms with Crippen LogP contribution in [0.5, 0.6) is 11.6 Å². The quantitative estimate of drug-likeness (QED) is 0.665. The van der Waals surface area contributed by atoms with Crippen molar-refractivity contribution in [2.75, 3.05) is 0 Å². The molecule has 0 fully saturated rings. The van der Waals surface area contributed by atoms with Crippen LogP contribution < -0.4 is 10.1 Å². The lowest BCUT2D eigenvalue weighted by atomic mass is 10.0. The predicted molar refractivity (Wildman–Crippen MR) is 102 cm³/mol. The highest BCUT2D eigenvalue weighted by atomic mass is 19.1. The Bertz CT molecular complexity index is 906. The van der Waals surface area contributed by atoms with E-state index in [2.05, 4.69) is 36.3 Å². The average molecular weight is 364 g/mol. The zero-order chi connectivity index (χ0) is 19.2. The smallest absolute Gasteiger partial charge is 0.257 e. The van der Waals surface area contributed by atoms with Crippen LogP contribution in [0.15, 0.2) is 66.9 Å². The van der Waals surface area contributed by atoms with Crippen LogP contribution in [0.1, 0.15) is 41.3 Å². The fourth-order valence-electron chi connectivity index (χ4n) is 2.56. The highest BCUT2D eigenvalue weighted by Crippen LogP contribution is 2.23. The molecule has 0 bridgehead atoms. The second-order valence-corrected chi connectivity index (χ2v) is 6.49. The van der Waals surface area contributed by atoms with E-state index in [9.17, 15) is 9.18 Å². The summed E-state index contributed by atoms with van der Waals surface area (Å²) in [5.41, 5.74) is 2.59. The van der Waals surface area contributed by atoms with Crippen molar-refractivity contribution in [2.24, 2.45) is 0 Å². The van der Waals surface area contributed by atoms with Crippen LogP contribution in [0.4, 0.5) is 4.39 Å². The van der Waals surface area contributed by atoms with Gasteiger partial charge in [-0.15, -0.1) is 0 Å². The molecule has 1 N–H and O–H groups in total. The molecule has 0 aliphatic heterocycles. The highest BCUT2D eigenvalue weighted by Gasteiger charge is 2.14. The van der Waals surface area contributed by atoms with Crippen LogP contribution in [0.2, 0.25) is 0 Å². The van der Waals surface area contributed by atoms with Gasteiger partial charge in [-0.05, 0) is 53.4 Å². The molecule has 0 atom stereocenters. The Balaban J connectivity index is 1.68. The van der Waals surface area contributed by atoms with E-state index in [0.717, 1.165) is 5.56 Å². The molecule has 138 valence electrons. The Kier molecular flexibility index (Phi) is 5.81. The number of hydrogen-bond donors (Lipinski definition) is 1. The molecule has 3 rings (SSSR count). The van der Waals surface area contributed by atoms with Gasteiger partial charge in [-0.2, -0.15) is 0 Å². The summed E-state index contributed by atoms with van der Waals surface area (Å²) >= 11 is 0. The lowest BCUT2D eigenvalue weighted by Gasteiger charge is -2.11. The maximum Gasteiger partial charge on any atom is 0.257 e. The number of amides is 1. The molecule has 1 amide bonds. The second-order valence-electron chi connectivity index (χ2n) is 6.49. The molecule has 4 nitrogen and oxygen atoms in total. The minimum absolute atomic E-state index is 0.178. The summed E-state index contributed by atoms with van der Waals surface area (Å²) in [6.07, 6.45) is 1.54. The summed E-state index contributed by atoms with van der Waals surface area (Å²) in [5, 5.41) is 2.88. The largest absolute Gasteiger partial charge is 0.438 e. The summed E-state index contributed by atoms with van der Waals surface area (Å²) in [7, 11) is 0. The first kappa shape index (κ1) is 18.6. The van der Waals surface area contributed by atoms with Gasteiger partial charge in [0.05, 0.1) is 0 Å². The van der Waals surface area contributed by atoms with E-state index in [0.29, 0.717) is 23.8 Å². The molecule has 0 aliphatic rings. The summed E-state index contributed by atoms with van der Waals surface area (Å²) in [6, 6.07) is 17.0. The maximum absolute atomic E-state index is 13.0. The van der Waals surface area contributed by atoms with Crippen molar-refractivity contribution >= 4 is 5.91 Å². The topological polar surface area (TPSA) is 51.2 Å². The Hall–Kier alpha value is -3.21. The van der Waals surface area contributed by atoms with Gasteiger partial charge in [-0.25, -0.2) is 9.37 Å². The van der Waals surface area contributed by atoms with Gasteiger partial charge in [0.15, 0.2) is 0 Å². The molecule has 2 aromatic carbocycles. The third-order valence-corrected chi connectivity index (χ3v) is 4.14. The molecular formula is C22H21FN2O2.